The lowest BCUT2D eigenvalue weighted by molar-refractivity contribution is 0.230. The lowest BCUT2D eigenvalue weighted by atomic mass is 9.73. The minimum absolute atomic E-state index is 0.204. The minimum atomic E-state index is -0.204. The molecule has 0 radical (unpaired) electrons. The SMILES string of the molecule is CCCOc1cncc(C2(N)CCC(CC)CC2)c1. The van der Waals surface area contributed by atoms with Crippen LogP contribution in [-0.2, 0) is 5.54 Å². The zero-order chi connectivity index (χ0) is 13.7. The van der Waals surface area contributed by atoms with E-state index in [1.165, 1.54) is 19.3 Å². The lowest BCUT2D eigenvalue weighted by Crippen LogP contribution is -2.40. The molecule has 0 atom stereocenters. The molecule has 19 heavy (non-hydrogen) atoms. The van der Waals surface area contributed by atoms with Crippen molar-refractivity contribution in [1.29, 1.82) is 0 Å². The fraction of sp³-hybridized carbons (Fsp3) is 0.688. The van der Waals surface area contributed by atoms with Crippen molar-refractivity contribution in [2.75, 3.05) is 6.61 Å². The summed E-state index contributed by atoms with van der Waals surface area (Å²) >= 11 is 0. The molecule has 1 aromatic rings. The van der Waals surface area contributed by atoms with Gasteiger partial charge in [0.25, 0.3) is 0 Å². The van der Waals surface area contributed by atoms with Gasteiger partial charge in [0.2, 0.25) is 0 Å². The maximum absolute atomic E-state index is 6.60. The standard InChI is InChI=1S/C16H26N2O/c1-3-9-19-15-10-14(11-18-12-15)16(17)7-5-13(4-2)6-8-16/h10-13H,3-9,17H2,1-2H3. The summed E-state index contributed by atoms with van der Waals surface area (Å²) in [7, 11) is 0. The Hall–Kier alpha value is -1.09. The van der Waals surface area contributed by atoms with Gasteiger partial charge in [-0.05, 0) is 49.7 Å². The highest BCUT2D eigenvalue weighted by Gasteiger charge is 2.33. The molecule has 2 N–H and O–H groups in total. The van der Waals surface area contributed by atoms with E-state index in [1.54, 1.807) is 6.20 Å². The quantitative estimate of drug-likeness (QED) is 0.881. The fourth-order valence-electron chi connectivity index (χ4n) is 2.88. The number of rotatable bonds is 5. The molecule has 1 saturated carbocycles. The van der Waals surface area contributed by atoms with Crippen LogP contribution in [0.2, 0.25) is 0 Å². The molecule has 3 nitrogen and oxygen atoms in total. The first-order valence-electron chi connectivity index (χ1n) is 7.55. The molecule has 1 aliphatic carbocycles. The molecule has 1 fully saturated rings. The van der Waals surface area contributed by atoms with E-state index in [-0.39, 0.29) is 5.54 Å². The van der Waals surface area contributed by atoms with E-state index in [0.717, 1.165) is 43.1 Å². The van der Waals surface area contributed by atoms with E-state index in [9.17, 15) is 0 Å². The van der Waals surface area contributed by atoms with E-state index in [1.807, 2.05) is 6.20 Å². The smallest absolute Gasteiger partial charge is 0.137 e. The van der Waals surface area contributed by atoms with Crippen LogP contribution in [0.5, 0.6) is 5.75 Å². The fourth-order valence-corrected chi connectivity index (χ4v) is 2.88. The summed E-state index contributed by atoms with van der Waals surface area (Å²) in [4.78, 5) is 4.29. The van der Waals surface area contributed by atoms with Gasteiger partial charge in [0.05, 0.1) is 12.8 Å². The van der Waals surface area contributed by atoms with Crippen LogP contribution in [0.25, 0.3) is 0 Å². The highest BCUT2D eigenvalue weighted by atomic mass is 16.5. The van der Waals surface area contributed by atoms with Crippen LogP contribution in [0.15, 0.2) is 18.5 Å². The van der Waals surface area contributed by atoms with E-state index < -0.39 is 0 Å². The van der Waals surface area contributed by atoms with Crippen molar-refractivity contribution in [3.63, 3.8) is 0 Å². The van der Waals surface area contributed by atoms with Crippen LogP contribution in [0, 0.1) is 5.92 Å². The van der Waals surface area contributed by atoms with Crippen molar-refractivity contribution < 1.29 is 4.74 Å². The summed E-state index contributed by atoms with van der Waals surface area (Å²) in [5, 5.41) is 0. The van der Waals surface area contributed by atoms with Gasteiger partial charge in [0.1, 0.15) is 5.75 Å². The molecule has 1 heterocycles. The molecule has 0 aromatic carbocycles. The molecule has 0 aliphatic heterocycles. The summed E-state index contributed by atoms with van der Waals surface area (Å²) in [6.07, 6.45) is 10.5. The average Bonchev–Trinajstić information content (AvgIpc) is 2.46. The summed E-state index contributed by atoms with van der Waals surface area (Å²) < 4.78 is 5.66. The summed E-state index contributed by atoms with van der Waals surface area (Å²) in [5.41, 5.74) is 7.53. The third kappa shape index (κ3) is 3.47. The summed E-state index contributed by atoms with van der Waals surface area (Å²) in [6.45, 7) is 5.11. The second-order valence-electron chi connectivity index (χ2n) is 5.77. The third-order valence-electron chi connectivity index (χ3n) is 4.34. The maximum Gasteiger partial charge on any atom is 0.137 e. The second-order valence-corrected chi connectivity index (χ2v) is 5.77. The zero-order valence-corrected chi connectivity index (χ0v) is 12.2. The molecule has 1 aliphatic rings. The van der Waals surface area contributed by atoms with Crippen molar-refractivity contribution >= 4 is 0 Å². The number of aromatic nitrogens is 1. The molecule has 0 unspecified atom stereocenters. The Balaban J connectivity index is 2.08. The Morgan fingerprint density at radius 2 is 2.05 bits per heavy atom. The van der Waals surface area contributed by atoms with Crippen molar-refractivity contribution in [2.24, 2.45) is 11.7 Å². The first-order valence-corrected chi connectivity index (χ1v) is 7.55. The van der Waals surface area contributed by atoms with Gasteiger partial charge >= 0.3 is 0 Å². The van der Waals surface area contributed by atoms with Crippen molar-refractivity contribution in [3.05, 3.63) is 24.0 Å². The van der Waals surface area contributed by atoms with E-state index in [0.29, 0.717) is 0 Å². The Morgan fingerprint density at radius 3 is 2.68 bits per heavy atom. The largest absolute Gasteiger partial charge is 0.492 e. The molecule has 3 heteroatoms. The molecule has 0 bridgehead atoms. The Kier molecular flexibility index (Phi) is 4.81. The first kappa shape index (κ1) is 14.3. The third-order valence-corrected chi connectivity index (χ3v) is 4.34. The van der Waals surface area contributed by atoms with Crippen LogP contribution >= 0.6 is 0 Å². The van der Waals surface area contributed by atoms with Crippen LogP contribution < -0.4 is 10.5 Å². The highest BCUT2D eigenvalue weighted by Crippen LogP contribution is 2.39. The number of hydrogen-bond acceptors (Lipinski definition) is 3. The van der Waals surface area contributed by atoms with Gasteiger partial charge in [0, 0.05) is 11.7 Å². The number of pyridine rings is 1. The van der Waals surface area contributed by atoms with Gasteiger partial charge in [-0.25, -0.2) is 0 Å². The molecule has 1 aromatic heterocycles. The summed E-state index contributed by atoms with van der Waals surface area (Å²) in [5.74, 6) is 1.70. The van der Waals surface area contributed by atoms with Gasteiger partial charge < -0.3 is 10.5 Å². The van der Waals surface area contributed by atoms with Gasteiger partial charge in [-0.2, -0.15) is 0 Å². The highest BCUT2D eigenvalue weighted by molar-refractivity contribution is 5.29. The number of ether oxygens (including phenoxy) is 1. The Morgan fingerprint density at radius 1 is 1.32 bits per heavy atom. The maximum atomic E-state index is 6.60. The van der Waals surface area contributed by atoms with Crippen LogP contribution in [0.1, 0.15) is 57.9 Å². The van der Waals surface area contributed by atoms with Crippen LogP contribution in [-0.4, -0.2) is 11.6 Å². The van der Waals surface area contributed by atoms with Crippen molar-refractivity contribution in [1.82, 2.24) is 4.98 Å². The number of nitrogens with two attached hydrogens (primary N) is 1. The molecule has 2 rings (SSSR count). The van der Waals surface area contributed by atoms with E-state index >= 15 is 0 Å². The Labute approximate surface area is 116 Å². The predicted molar refractivity (Wildman–Crippen MR) is 78.1 cm³/mol. The molecular weight excluding hydrogens is 236 g/mol. The van der Waals surface area contributed by atoms with Gasteiger partial charge in [0.15, 0.2) is 0 Å². The Bertz CT molecular complexity index is 397. The molecular formula is C16H26N2O. The number of hydrogen-bond donors (Lipinski definition) is 1. The van der Waals surface area contributed by atoms with E-state index in [4.69, 9.17) is 10.5 Å². The second kappa shape index (κ2) is 6.38. The van der Waals surface area contributed by atoms with Crippen LogP contribution in [0.4, 0.5) is 0 Å². The molecule has 0 spiro atoms. The lowest BCUT2D eigenvalue weighted by Gasteiger charge is -2.37. The predicted octanol–water partition coefficient (Wildman–Crippen LogP) is 3.62. The molecule has 0 saturated heterocycles. The van der Waals surface area contributed by atoms with Gasteiger partial charge in [-0.15, -0.1) is 0 Å². The summed E-state index contributed by atoms with van der Waals surface area (Å²) in [6, 6.07) is 2.08. The monoisotopic (exact) mass is 262 g/mol. The molecule has 106 valence electrons. The van der Waals surface area contributed by atoms with Crippen LogP contribution in [0.3, 0.4) is 0 Å². The zero-order valence-electron chi connectivity index (χ0n) is 12.2. The molecule has 0 amide bonds. The van der Waals surface area contributed by atoms with Crippen molar-refractivity contribution in [2.45, 2.75) is 57.9 Å². The normalized spacial score (nSPS) is 27.2. The number of nitrogens with zero attached hydrogens (tertiary/aromatic N) is 1. The first-order chi connectivity index (χ1) is 9.18. The van der Waals surface area contributed by atoms with Crippen molar-refractivity contribution in [3.8, 4) is 5.75 Å². The topological polar surface area (TPSA) is 48.1 Å². The van der Waals surface area contributed by atoms with E-state index in [2.05, 4.69) is 24.9 Å². The van der Waals surface area contributed by atoms with Gasteiger partial charge in [-0.1, -0.05) is 20.3 Å². The van der Waals surface area contributed by atoms with Gasteiger partial charge in [-0.3, -0.25) is 4.98 Å². The minimum Gasteiger partial charge on any atom is -0.492 e. The average molecular weight is 262 g/mol.